The number of amides is 1. The highest BCUT2D eigenvalue weighted by Gasteiger charge is 2.18. The molecule has 3 aromatic rings. The number of nitrogens with one attached hydrogen (secondary N) is 2. The van der Waals surface area contributed by atoms with Crippen LogP contribution < -0.4 is 10.0 Å². The predicted molar refractivity (Wildman–Crippen MR) is 104 cm³/mol. The van der Waals surface area contributed by atoms with Crippen LogP contribution in [-0.2, 0) is 10.0 Å². The monoisotopic (exact) mass is 399 g/mol. The minimum atomic E-state index is -3.93. The van der Waals surface area contributed by atoms with Gasteiger partial charge in [0.1, 0.15) is 5.82 Å². The van der Waals surface area contributed by atoms with Crippen LogP contribution in [0.5, 0.6) is 0 Å². The molecule has 0 aliphatic heterocycles. The van der Waals surface area contributed by atoms with Gasteiger partial charge in [0.2, 0.25) is 0 Å². The van der Waals surface area contributed by atoms with E-state index < -0.39 is 21.7 Å². The highest BCUT2D eigenvalue weighted by Crippen LogP contribution is 2.18. The first-order chi connectivity index (χ1) is 13.3. The maximum Gasteiger partial charge on any atom is 0.261 e. The molecular weight excluding hydrogens is 381 g/mol. The Balaban J connectivity index is 1.77. The van der Waals surface area contributed by atoms with E-state index in [9.17, 15) is 17.6 Å². The van der Waals surface area contributed by atoms with Gasteiger partial charge in [0.25, 0.3) is 15.9 Å². The number of carbonyl (C=O) groups is 1. The first-order valence-electron chi connectivity index (χ1n) is 8.44. The number of benzene rings is 2. The number of hydrogen-bond acceptors (Lipinski definition) is 4. The van der Waals surface area contributed by atoms with Crippen molar-refractivity contribution in [3.8, 4) is 0 Å². The van der Waals surface area contributed by atoms with Gasteiger partial charge < -0.3 is 5.32 Å². The number of sulfonamides is 1. The molecule has 144 valence electrons. The minimum Gasteiger partial charge on any atom is -0.345 e. The van der Waals surface area contributed by atoms with E-state index in [1.54, 1.807) is 18.5 Å². The van der Waals surface area contributed by atoms with Crippen LogP contribution in [0.25, 0.3) is 0 Å². The Morgan fingerprint density at radius 1 is 1.07 bits per heavy atom. The van der Waals surface area contributed by atoms with Crippen LogP contribution in [0.2, 0.25) is 0 Å². The van der Waals surface area contributed by atoms with Crippen molar-refractivity contribution < 1.29 is 17.6 Å². The molecule has 0 bridgehead atoms. The lowest BCUT2D eigenvalue weighted by molar-refractivity contribution is 0.0939. The average molecular weight is 399 g/mol. The molecule has 28 heavy (non-hydrogen) atoms. The van der Waals surface area contributed by atoms with E-state index in [1.165, 1.54) is 36.4 Å². The van der Waals surface area contributed by atoms with Gasteiger partial charge >= 0.3 is 0 Å². The van der Waals surface area contributed by atoms with Crippen molar-refractivity contribution in [1.82, 2.24) is 10.3 Å². The van der Waals surface area contributed by atoms with E-state index in [4.69, 9.17) is 0 Å². The summed E-state index contributed by atoms with van der Waals surface area (Å²) in [6, 6.07) is 14.0. The fourth-order valence-corrected chi connectivity index (χ4v) is 3.64. The number of anilines is 1. The molecule has 0 saturated heterocycles. The van der Waals surface area contributed by atoms with Crippen molar-refractivity contribution in [3.05, 3.63) is 90.0 Å². The molecule has 0 aliphatic rings. The summed E-state index contributed by atoms with van der Waals surface area (Å²) < 4.78 is 40.5. The maximum atomic E-state index is 13.0. The summed E-state index contributed by atoms with van der Waals surface area (Å²) in [6.45, 7) is 1.81. The number of rotatable bonds is 6. The second-order valence-corrected chi connectivity index (χ2v) is 7.80. The summed E-state index contributed by atoms with van der Waals surface area (Å²) in [5.41, 5.74) is 1.26. The van der Waals surface area contributed by atoms with E-state index in [1.807, 2.05) is 13.0 Å². The predicted octanol–water partition coefficient (Wildman–Crippen LogP) is 3.51. The van der Waals surface area contributed by atoms with Crippen LogP contribution in [0.15, 0.2) is 78.0 Å². The van der Waals surface area contributed by atoms with E-state index >= 15 is 0 Å². The van der Waals surface area contributed by atoms with Crippen molar-refractivity contribution in [2.24, 2.45) is 0 Å². The molecule has 1 aromatic heterocycles. The summed E-state index contributed by atoms with van der Waals surface area (Å²) >= 11 is 0. The summed E-state index contributed by atoms with van der Waals surface area (Å²) in [6.07, 6.45) is 3.29. The minimum absolute atomic E-state index is 0.0708. The summed E-state index contributed by atoms with van der Waals surface area (Å²) in [5, 5.41) is 2.81. The highest BCUT2D eigenvalue weighted by molar-refractivity contribution is 7.92. The topological polar surface area (TPSA) is 88.2 Å². The molecule has 0 saturated carbocycles. The number of carbonyl (C=O) groups excluding carboxylic acids is 1. The van der Waals surface area contributed by atoms with Crippen molar-refractivity contribution >= 4 is 21.6 Å². The largest absolute Gasteiger partial charge is 0.345 e. The molecule has 0 fully saturated rings. The van der Waals surface area contributed by atoms with Gasteiger partial charge in [-0.1, -0.05) is 12.1 Å². The van der Waals surface area contributed by atoms with Gasteiger partial charge in [0.15, 0.2) is 0 Å². The Labute approximate surface area is 162 Å². The molecule has 1 unspecified atom stereocenters. The zero-order chi connectivity index (χ0) is 20.1. The average Bonchev–Trinajstić information content (AvgIpc) is 2.70. The quantitative estimate of drug-likeness (QED) is 0.664. The SMILES string of the molecule is CC(NC(=O)c1cccc(S(=O)(=O)Nc2ccc(F)cc2)c1)c1cccnc1. The normalized spacial score (nSPS) is 12.2. The van der Waals surface area contributed by atoms with Gasteiger partial charge in [0, 0.05) is 23.6 Å². The lowest BCUT2D eigenvalue weighted by Crippen LogP contribution is -2.27. The molecule has 0 radical (unpaired) electrons. The second-order valence-electron chi connectivity index (χ2n) is 6.12. The summed E-state index contributed by atoms with van der Waals surface area (Å²) in [5.74, 6) is -0.875. The third kappa shape index (κ3) is 4.72. The van der Waals surface area contributed by atoms with Gasteiger partial charge in [-0.15, -0.1) is 0 Å². The molecule has 1 heterocycles. The number of aromatic nitrogens is 1. The lowest BCUT2D eigenvalue weighted by atomic mass is 10.1. The first-order valence-corrected chi connectivity index (χ1v) is 9.93. The summed E-state index contributed by atoms with van der Waals surface area (Å²) in [7, 11) is -3.93. The van der Waals surface area contributed by atoms with E-state index in [0.717, 1.165) is 17.7 Å². The highest BCUT2D eigenvalue weighted by atomic mass is 32.2. The van der Waals surface area contributed by atoms with Gasteiger partial charge in [0.05, 0.1) is 10.9 Å². The molecule has 0 aliphatic carbocycles. The van der Waals surface area contributed by atoms with Gasteiger partial charge in [-0.2, -0.15) is 0 Å². The first kappa shape index (κ1) is 19.5. The number of halogens is 1. The molecule has 1 amide bonds. The van der Waals surface area contributed by atoms with Crippen molar-refractivity contribution in [3.63, 3.8) is 0 Å². The van der Waals surface area contributed by atoms with E-state index in [-0.39, 0.29) is 22.2 Å². The van der Waals surface area contributed by atoms with Crippen molar-refractivity contribution in [2.45, 2.75) is 17.9 Å². The number of hydrogen-bond donors (Lipinski definition) is 2. The number of pyridine rings is 1. The zero-order valence-corrected chi connectivity index (χ0v) is 15.8. The molecule has 2 aromatic carbocycles. The van der Waals surface area contributed by atoms with Crippen LogP contribution >= 0.6 is 0 Å². The molecule has 2 N–H and O–H groups in total. The van der Waals surface area contributed by atoms with Crippen LogP contribution in [-0.4, -0.2) is 19.3 Å². The lowest BCUT2D eigenvalue weighted by Gasteiger charge is -2.14. The Kier molecular flexibility index (Phi) is 5.70. The van der Waals surface area contributed by atoms with Gasteiger partial charge in [-0.3, -0.25) is 14.5 Å². The van der Waals surface area contributed by atoms with Gasteiger partial charge in [-0.05, 0) is 61.0 Å². The fourth-order valence-electron chi connectivity index (χ4n) is 2.53. The Morgan fingerprint density at radius 3 is 2.50 bits per heavy atom. The van der Waals surface area contributed by atoms with Gasteiger partial charge in [-0.25, -0.2) is 12.8 Å². The van der Waals surface area contributed by atoms with E-state index in [2.05, 4.69) is 15.0 Å². The summed E-state index contributed by atoms with van der Waals surface area (Å²) in [4.78, 5) is 16.5. The van der Waals surface area contributed by atoms with Crippen LogP contribution in [0.1, 0.15) is 28.9 Å². The Bertz CT molecular complexity index is 1070. The molecule has 3 rings (SSSR count). The Hall–Kier alpha value is -3.26. The van der Waals surface area contributed by atoms with Crippen LogP contribution in [0.3, 0.4) is 0 Å². The standard InChI is InChI=1S/C20H18FN3O3S/c1-14(16-5-3-11-22-13-16)23-20(25)15-4-2-6-19(12-15)28(26,27)24-18-9-7-17(21)8-10-18/h2-14,24H,1H3,(H,23,25). The van der Waals surface area contributed by atoms with E-state index in [0.29, 0.717) is 0 Å². The third-order valence-electron chi connectivity index (χ3n) is 4.03. The maximum absolute atomic E-state index is 13.0. The number of nitrogens with zero attached hydrogens (tertiary/aromatic N) is 1. The third-order valence-corrected chi connectivity index (χ3v) is 5.41. The molecule has 0 spiro atoms. The fraction of sp³-hybridized carbons (Fsp3) is 0.100. The molecule has 6 nitrogen and oxygen atoms in total. The molecule has 1 atom stereocenters. The Morgan fingerprint density at radius 2 is 1.82 bits per heavy atom. The zero-order valence-electron chi connectivity index (χ0n) is 15.0. The smallest absolute Gasteiger partial charge is 0.261 e. The molecule has 8 heteroatoms. The van der Waals surface area contributed by atoms with Crippen LogP contribution in [0, 0.1) is 5.82 Å². The second kappa shape index (κ2) is 8.18. The van der Waals surface area contributed by atoms with Crippen LogP contribution in [0.4, 0.5) is 10.1 Å². The van der Waals surface area contributed by atoms with Crippen molar-refractivity contribution in [1.29, 1.82) is 0 Å². The van der Waals surface area contributed by atoms with Crippen molar-refractivity contribution in [2.75, 3.05) is 4.72 Å². The molecular formula is C20H18FN3O3S.